The Morgan fingerprint density at radius 1 is 1.00 bits per heavy atom. The minimum absolute atomic E-state index is 0.101. The Labute approximate surface area is 110 Å². The quantitative estimate of drug-likeness (QED) is 0.904. The molecule has 0 atom stereocenters. The van der Waals surface area contributed by atoms with E-state index in [-0.39, 0.29) is 11.1 Å². The molecule has 0 bridgehead atoms. The van der Waals surface area contributed by atoms with E-state index >= 15 is 0 Å². The van der Waals surface area contributed by atoms with Gasteiger partial charge in [-0.2, -0.15) is 0 Å². The van der Waals surface area contributed by atoms with Crippen LogP contribution in [0.4, 0.5) is 5.69 Å². The summed E-state index contributed by atoms with van der Waals surface area (Å²) in [6.07, 6.45) is 0. The minimum Gasteiger partial charge on any atom is -0.545 e. The van der Waals surface area contributed by atoms with Crippen molar-refractivity contribution in [1.82, 2.24) is 0 Å². The van der Waals surface area contributed by atoms with Gasteiger partial charge < -0.3 is 15.2 Å². The Morgan fingerprint density at radius 2 is 1.68 bits per heavy atom. The summed E-state index contributed by atoms with van der Waals surface area (Å²) in [4.78, 5) is 23.1. The van der Waals surface area contributed by atoms with Crippen molar-refractivity contribution in [1.29, 1.82) is 0 Å². The first-order chi connectivity index (χ1) is 9.08. The molecule has 0 fully saturated rings. The molecular formula is C15H12NO3-. The number of benzene rings is 2. The second kappa shape index (κ2) is 5.35. The molecule has 0 aliphatic rings. The smallest absolute Gasteiger partial charge is 0.256 e. The SMILES string of the molecule is Cc1ccc(C(=O)[O-])c(C(=O)Nc2ccccc2)c1. The molecular weight excluding hydrogens is 242 g/mol. The zero-order valence-electron chi connectivity index (χ0n) is 10.3. The Kier molecular flexibility index (Phi) is 3.61. The molecule has 1 N–H and O–H groups in total. The second-order valence-electron chi connectivity index (χ2n) is 4.16. The molecule has 0 saturated heterocycles. The van der Waals surface area contributed by atoms with E-state index in [1.807, 2.05) is 6.07 Å². The van der Waals surface area contributed by atoms with Gasteiger partial charge in [-0.15, -0.1) is 0 Å². The van der Waals surface area contributed by atoms with E-state index in [0.29, 0.717) is 5.69 Å². The normalized spacial score (nSPS) is 9.95. The Balaban J connectivity index is 2.33. The lowest BCUT2D eigenvalue weighted by Crippen LogP contribution is -2.26. The second-order valence-corrected chi connectivity index (χ2v) is 4.16. The summed E-state index contributed by atoms with van der Waals surface area (Å²) in [6.45, 7) is 1.79. The summed E-state index contributed by atoms with van der Waals surface area (Å²) in [5.74, 6) is -1.83. The van der Waals surface area contributed by atoms with Crippen molar-refractivity contribution in [3.8, 4) is 0 Å². The van der Waals surface area contributed by atoms with Crippen molar-refractivity contribution >= 4 is 17.6 Å². The average Bonchev–Trinajstić information content (AvgIpc) is 2.39. The van der Waals surface area contributed by atoms with E-state index in [0.717, 1.165) is 5.56 Å². The molecule has 4 nitrogen and oxygen atoms in total. The molecule has 0 saturated carbocycles. The number of rotatable bonds is 3. The number of aromatic carboxylic acids is 1. The van der Waals surface area contributed by atoms with E-state index in [4.69, 9.17) is 0 Å². The van der Waals surface area contributed by atoms with Crippen LogP contribution < -0.4 is 10.4 Å². The number of carboxylic acids is 1. The maximum atomic E-state index is 12.1. The Morgan fingerprint density at radius 3 is 2.32 bits per heavy atom. The number of aryl methyl sites for hydroxylation is 1. The lowest BCUT2D eigenvalue weighted by Gasteiger charge is -2.11. The highest BCUT2D eigenvalue weighted by Gasteiger charge is 2.12. The minimum atomic E-state index is -1.36. The maximum absolute atomic E-state index is 12.1. The standard InChI is InChI=1S/C15H13NO3/c1-10-7-8-12(15(18)19)13(9-10)14(17)16-11-5-3-2-4-6-11/h2-9H,1H3,(H,16,17)(H,18,19)/p-1. The predicted molar refractivity (Wildman–Crippen MR) is 69.9 cm³/mol. The van der Waals surface area contributed by atoms with Crippen LogP contribution in [-0.4, -0.2) is 11.9 Å². The first kappa shape index (κ1) is 12.8. The van der Waals surface area contributed by atoms with E-state index < -0.39 is 11.9 Å². The predicted octanol–water partition coefficient (Wildman–Crippen LogP) is 1.61. The third kappa shape index (κ3) is 2.98. The number of amides is 1. The lowest BCUT2D eigenvalue weighted by atomic mass is 10.0. The molecule has 2 aromatic carbocycles. The molecule has 0 heterocycles. The zero-order valence-corrected chi connectivity index (χ0v) is 10.3. The highest BCUT2D eigenvalue weighted by molar-refractivity contribution is 6.10. The van der Waals surface area contributed by atoms with Gasteiger partial charge in [-0.3, -0.25) is 4.79 Å². The molecule has 1 amide bonds. The van der Waals surface area contributed by atoms with Crippen molar-refractivity contribution in [3.05, 3.63) is 65.2 Å². The van der Waals surface area contributed by atoms with Crippen LogP contribution in [0.3, 0.4) is 0 Å². The molecule has 0 spiro atoms. The fourth-order valence-electron chi connectivity index (χ4n) is 1.74. The van der Waals surface area contributed by atoms with Crippen LogP contribution in [0.25, 0.3) is 0 Å². The Bertz CT molecular complexity index is 621. The molecule has 0 unspecified atom stereocenters. The van der Waals surface area contributed by atoms with E-state index in [2.05, 4.69) is 5.32 Å². The van der Waals surface area contributed by atoms with Gasteiger partial charge in [0.15, 0.2) is 0 Å². The van der Waals surface area contributed by atoms with Gasteiger partial charge in [0, 0.05) is 16.8 Å². The Hall–Kier alpha value is -2.62. The molecule has 2 rings (SSSR count). The van der Waals surface area contributed by atoms with Crippen molar-refractivity contribution in [2.45, 2.75) is 6.92 Å². The van der Waals surface area contributed by atoms with Crippen LogP contribution in [0.5, 0.6) is 0 Å². The molecule has 96 valence electrons. The fourth-order valence-corrected chi connectivity index (χ4v) is 1.74. The van der Waals surface area contributed by atoms with Gasteiger partial charge in [0.05, 0.1) is 5.97 Å². The zero-order chi connectivity index (χ0) is 13.8. The van der Waals surface area contributed by atoms with Crippen LogP contribution in [0.1, 0.15) is 26.3 Å². The molecule has 0 aliphatic carbocycles. The number of carbonyl (C=O) groups is 2. The molecule has 0 aliphatic heterocycles. The van der Waals surface area contributed by atoms with E-state index in [1.54, 1.807) is 37.3 Å². The first-order valence-corrected chi connectivity index (χ1v) is 5.76. The van der Waals surface area contributed by atoms with Gasteiger partial charge in [-0.1, -0.05) is 35.9 Å². The summed E-state index contributed by atoms with van der Waals surface area (Å²) in [5.41, 5.74) is 1.41. The summed E-state index contributed by atoms with van der Waals surface area (Å²) in [7, 11) is 0. The lowest BCUT2D eigenvalue weighted by molar-refractivity contribution is -0.255. The van der Waals surface area contributed by atoms with Crippen LogP contribution in [0.2, 0.25) is 0 Å². The first-order valence-electron chi connectivity index (χ1n) is 5.76. The van der Waals surface area contributed by atoms with E-state index in [9.17, 15) is 14.7 Å². The number of carbonyl (C=O) groups excluding carboxylic acids is 2. The topological polar surface area (TPSA) is 69.2 Å². The summed E-state index contributed by atoms with van der Waals surface area (Å²) < 4.78 is 0. The van der Waals surface area contributed by atoms with Crippen LogP contribution in [0.15, 0.2) is 48.5 Å². The van der Waals surface area contributed by atoms with Crippen LogP contribution >= 0.6 is 0 Å². The summed E-state index contributed by atoms with van der Waals surface area (Å²) >= 11 is 0. The third-order valence-electron chi connectivity index (χ3n) is 2.67. The van der Waals surface area contributed by atoms with Crippen molar-refractivity contribution in [3.63, 3.8) is 0 Å². The van der Waals surface area contributed by atoms with Crippen molar-refractivity contribution in [2.24, 2.45) is 0 Å². The molecule has 0 radical (unpaired) electrons. The van der Waals surface area contributed by atoms with Gasteiger partial charge in [-0.25, -0.2) is 0 Å². The van der Waals surface area contributed by atoms with Crippen molar-refractivity contribution < 1.29 is 14.7 Å². The molecule has 2 aromatic rings. The highest BCUT2D eigenvalue weighted by atomic mass is 16.4. The number of carboxylic acid groups (broad SMARTS) is 1. The van der Waals surface area contributed by atoms with Gasteiger partial charge in [0.1, 0.15) is 0 Å². The number of anilines is 1. The number of para-hydroxylation sites is 1. The van der Waals surface area contributed by atoms with Gasteiger partial charge in [0.25, 0.3) is 5.91 Å². The van der Waals surface area contributed by atoms with Crippen molar-refractivity contribution in [2.75, 3.05) is 5.32 Å². The summed E-state index contributed by atoms with van der Waals surface area (Å²) in [6, 6.07) is 13.4. The monoisotopic (exact) mass is 254 g/mol. The molecule has 4 heteroatoms. The highest BCUT2D eigenvalue weighted by Crippen LogP contribution is 2.14. The van der Waals surface area contributed by atoms with Gasteiger partial charge >= 0.3 is 0 Å². The number of hydrogen-bond acceptors (Lipinski definition) is 3. The molecule has 19 heavy (non-hydrogen) atoms. The number of nitrogens with one attached hydrogen (secondary N) is 1. The maximum Gasteiger partial charge on any atom is 0.256 e. The van der Waals surface area contributed by atoms with Gasteiger partial charge in [0.2, 0.25) is 0 Å². The fraction of sp³-hybridized carbons (Fsp3) is 0.0667. The number of hydrogen-bond donors (Lipinski definition) is 1. The van der Waals surface area contributed by atoms with Gasteiger partial charge in [-0.05, 0) is 25.1 Å². The van der Waals surface area contributed by atoms with Crippen LogP contribution in [0, 0.1) is 6.92 Å². The van der Waals surface area contributed by atoms with Crippen LogP contribution in [-0.2, 0) is 0 Å². The molecule has 0 aromatic heterocycles. The van der Waals surface area contributed by atoms with E-state index in [1.165, 1.54) is 12.1 Å². The third-order valence-corrected chi connectivity index (χ3v) is 2.67. The largest absolute Gasteiger partial charge is 0.545 e. The average molecular weight is 254 g/mol. The summed E-state index contributed by atoms with van der Waals surface area (Å²) in [5, 5.41) is 13.6.